The number of carbonyl (C=O) groups is 1. The lowest BCUT2D eigenvalue weighted by atomic mass is 10.1. The molecule has 0 radical (unpaired) electrons. The molecule has 8 heteroatoms. The summed E-state index contributed by atoms with van der Waals surface area (Å²) in [4.78, 5) is 26.5. The fraction of sp³-hybridized carbons (Fsp3) is 0.545. The van der Waals surface area contributed by atoms with E-state index in [1.54, 1.807) is 4.90 Å². The summed E-state index contributed by atoms with van der Waals surface area (Å²) >= 11 is 0. The molecule has 2 rings (SSSR count). The van der Waals surface area contributed by atoms with Crippen LogP contribution >= 0.6 is 12.4 Å². The van der Waals surface area contributed by atoms with Gasteiger partial charge in [-0.2, -0.15) is 0 Å². The highest BCUT2D eigenvalue weighted by Gasteiger charge is 2.29. The van der Waals surface area contributed by atoms with Gasteiger partial charge < -0.3 is 20.3 Å². The fourth-order valence-electron chi connectivity index (χ4n) is 2.07. The molecule has 2 N–H and O–H groups in total. The largest absolute Gasteiger partial charge is 0.358 e. The van der Waals surface area contributed by atoms with Gasteiger partial charge in [0, 0.05) is 31.2 Å². The van der Waals surface area contributed by atoms with Crippen molar-refractivity contribution in [1.29, 1.82) is 0 Å². The molecule has 106 valence electrons. The van der Waals surface area contributed by atoms with Gasteiger partial charge in [-0.25, -0.2) is 4.98 Å². The number of aromatic nitrogens is 1. The molecule has 0 aliphatic carbocycles. The van der Waals surface area contributed by atoms with Gasteiger partial charge in [0.1, 0.15) is 0 Å². The number of rotatable bonds is 2. The van der Waals surface area contributed by atoms with E-state index in [9.17, 15) is 14.9 Å². The molecule has 2 heterocycles. The number of hydrogen-bond donors (Lipinski definition) is 2. The van der Waals surface area contributed by atoms with Crippen LogP contribution in [0.2, 0.25) is 0 Å². The summed E-state index contributed by atoms with van der Waals surface area (Å²) in [6.07, 6.45) is 0. The summed E-state index contributed by atoms with van der Waals surface area (Å²) in [5, 5.41) is 13.8. The van der Waals surface area contributed by atoms with E-state index < -0.39 is 4.92 Å². The number of halogens is 1. The van der Waals surface area contributed by atoms with Crippen molar-refractivity contribution in [3.63, 3.8) is 0 Å². The summed E-state index contributed by atoms with van der Waals surface area (Å²) in [6, 6.07) is 3.08. The number of aromatic amines is 1. The number of hydrogen-bond acceptors (Lipinski definition) is 4. The Labute approximate surface area is 116 Å². The maximum Gasteiger partial charge on any atom is 0.321 e. The van der Waals surface area contributed by atoms with Gasteiger partial charge in [0.25, 0.3) is 5.91 Å². The molecular weight excluding hydrogens is 272 g/mol. The lowest BCUT2D eigenvalue weighted by Gasteiger charge is -2.36. The number of carbonyl (C=O) groups excluding carboxylic acids is 1. The van der Waals surface area contributed by atoms with Gasteiger partial charge in [-0.15, -0.1) is 12.4 Å². The molecule has 2 unspecified atom stereocenters. The summed E-state index contributed by atoms with van der Waals surface area (Å²) in [6.45, 7) is 5.29. The number of amides is 1. The van der Waals surface area contributed by atoms with Crippen LogP contribution in [0.1, 0.15) is 24.3 Å². The Morgan fingerprint density at radius 3 is 2.74 bits per heavy atom. The maximum atomic E-state index is 12.2. The second-order valence-electron chi connectivity index (χ2n) is 4.63. The molecule has 1 aliphatic rings. The van der Waals surface area contributed by atoms with Crippen LogP contribution in [-0.4, -0.2) is 45.9 Å². The average molecular weight is 289 g/mol. The van der Waals surface area contributed by atoms with Crippen molar-refractivity contribution in [1.82, 2.24) is 15.2 Å². The fourth-order valence-corrected chi connectivity index (χ4v) is 2.07. The predicted octanol–water partition coefficient (Wildman–Crippen LogP) is 1.17. The Bertz CT molecular complexity index is 476. The number of nitro groups is 1. The highest BCUT2D eigenvalue weighted by molar-refractivity contribution is 5.93. The molecule has 0 spiro atoms. The Morgan fingerprint density at radius 1 is 1.47 bits per heavy atom. The average Bonchev–Trinajstić information content (AvgIpc) is 2.81. The normalized spacial score (nSPS) is 22.7. The first kappa shape index (κ1) is 15.5. The lowest BCUT2D eigenvalue weighted by molar-refractivity contribution is -0.389. The number of piperazine rings is 1. The summed E-state index contributed by atoms with van der Waals surface area (Å²) in [5.74, 6) is -0.349. The molecule has 1 fully saturated rings. The van der Waals surface area contributed by atoms with Crippen LogP contribution in [0, 0.1) is 10.1 Å². The molecular formula is C11H17ClN4O3. The zero-order valence-electron chi connectivity index (χ0n) is 10.8. The van der Waals surface area contributed by atoms with Crippen LogP contribution in [0.15, 0.2) is 12.1 Å². The maximum absolute atomic E-state index is 12.2. The third kappa shape index (κ3) is 3.24. The predicted molar refractivity (Wildman–Crippen MR) is 72.7 cm³/mol. The molecule has 0 bridgehead atoms. The minimum Gasteiger partial charge on any atom is -0.358 e. The summed E-state index contributed by atoms with van der Waals surface area (Å²) in [5.41, 5.74) is 0.266. The first-order valence-electron chi connectivity index (χ1n) is 5.87. The van der Waals surface area contributed by atoms with Gasteiger partial charge in [0.05, 0.1) is 0 Å². The van der Waals surface area contributed by atoms with E-state index in [1.807, 2.05) is 13.8 Å². The van der Waals surface area contributed by atoms with Crippen molar-refractivity contribution < 1.29 is 9.72 Å². The third-order valence-electron chi connectivity index (χ3n) is 3.12. The van der Waals surface area contributed by atoms with Gasteiger partial charge in [0.15, 0.2) is 5.69 Å². The van der Waals surface area contributed by atoms with Crippen LogP contribution in [0.5, 0.6) is 0 Å². The standard InChI is InChI=1S/C11H16N4O3.ClH/c1-7-6-14(8(2)5-12-7)11(16)9-3-4-10(13-9)15(17)18;/h3-4,7-8,12-13H,5-6H2,1-2H3;1H. The van der Waals surface area contributed by atoms with Crippen molar-refractivity contribution in [3.05, 3.63) is 27.9 Å². The van der Waals surface area contributed by atoms with Crippen molar-refractivity contribution >= 4 is 24.1 Å². The highest BCUT2D eigenvalue weighted by Crippen LogP contribution is 2.15. The third-order valence-corrected chi connectivity index (χ3v) is 3.12. The molecule has 1 aliphatic heterocycles. The van der Waals surface area contributed by atoms with Gasteiger partial charge >= 0.3 is 5.82 Å². The summed E-state index contributed by atoms with van der Waals surface area (Å²) < 4.78 is 0. The van der Waals surface area contributed by atoms with Crippen LogP contribution in [0.3, 0.4) is 0 Å². The van der Waals surface area contributed by atoms with Crippen molar-refractivity contribution in [3.8, 4) is 0 Å². The van der Waals surface area contributed by atoms with Crippen molar-refractivity contribution in [2.24, 2.45) is 0 Å². The van der Waals surface area contributed by atoms with Crippen LogP contribution in [0.25, 0.3) is 0 Å². The van der Waals surface area contributed by atoms with Crippen molar-refractivity contribution in [2.45, 2.75) is 25.9 Å². The molecule has 1 amide bonds. The van der Waals surface area contributed by atoms with E-state index in [0.717, 1.165) is 6.54 Å². The number of H-pyrrole nitrogens is 1. The van der Waals surface area contributed by atoms with Crippen LogP contribution in [-0.2, 0) is 0 Å². The van der Waals surface area contributed by atoms with E-state index in [4.69, 9.17) is 0 Å². The van der Waals surface area contributed by atoms with E-state index in [2.05, 4.69) is 10.3 Å². The van der Waals surface area contributed by atoms with E-state index in [-0.39, 0.29) is 41.9 Å². The zero-order chi connectivity index (χ0) is 13.3. The van der Waals surface area contributed by atoms with E-state index in [0.29, 0.717) is 6.54 Å². The van der Waals surface area contributed by atoms with Crippen molar-refractivity contribution in [2.75, 3.05) is 13.1 Å². The molecule has 2 atom stereocenters. The zero-order valence-corrected chi connectivity index (χ0v) is 11.6. The molecule has 1 aromatic heterocycles. The van der Waals surface area contributed by atoms with Crippen LogP contribution < -0.4 is 5.32 Å². The monoisotopic (exact) mass is 288 g/mol. The van der Waals surface area contributed by atoms with E-state index in [1.165, 1.54) is 12.1 Å². The van der Waals surface area contributed by atoms with Crippen LogP contribution in [0.4, 0.5) is 5.82 Å². The molecule has 19 heavy (non-hydrogen) atoms. The number of nitrogens with zero attached hydrogens (tertiary/aromatic N) is 2. The van der Waals surface area contributed by atoms with Gasteiger partial charge in [-0.05, 0) is 24.8 Å². The summed E-state index contributed by atoms with van der Waals surface area (Å²) in [7, 11) is 0. The van der Waals surface area contributed by atoms with Gasteiger partial charge in [-0.3, -0.25) is 4.79 Å². The van der Waals surface area contributed by atoms with Gasteiger partial charge in [-0.1, -0.05) is 0 Å². The van der Waals surface area contributed by atoms with Gasteiger partial charge in [0.2, 0.25) is 0 Å². The molecule has 0 saturated carbocycles. The first-order valence-corrected chi connectivity index (χ1v) is 5.87. The molecule has 1 saturated heterocycles. The minimum atomic E-state index is -0.541. The molecule has 7 nitrogen and oxygen atoms in total. The Morgan fingerprint density at radius 2 is 2.16 bits per heavy atom. The lowest BCUT2D eigenvalue weighted by Crippen LogP contribution is -2.56. The second kappa shape index (κ2) is 6.03. The Balaban J connectivity index is 0.00000180. The quantitative estimate of drug-likeness (QED) is 0.631. The topological polar surface area (TPSA) is 91.3 Å². The Kier molecular flexibility index (Phi) is 4.90. The van der Waals surface area contributed by atoms with E-state index >= 15 is 0 Å². The molecule has 0 aromatic carbocycles. The smallest absolute Gasteiger partial charge is 0.321 e. The first-order chi connectivity index (χ1) is 8.49. The highest BCUT2D eigenvalue weighted by atomic mass is 35.5. The number of nitrogens with one attached hydrogen (secondary N) is 2. The SMILES string of the molecule is CC1CN(C(=O)c2ccc([N+](=O)[O-])[nH]2)C(C)CN1.Cl. The molecule has 1 aromatic rings. The Hall–Kier alpha value is -1.60. The minimum absolute atomic E-state index is 0. The second-order valence-corrected chi connectivity index (χ2v) is 4.63.